The Kier molecular flexibility index (Phi) is 4.00. The molecular formula is C17H18N2O2S. The van der Waals surface area contributed by atoms with Gasteiger partial charge in [-0.2, -0.15) is 0 Å². The summed E-state index contributed by atoms with van der Waals surface area (Å²) < 4.78 is 2.18. The largest absolute Gasteiger partial charge is 0.378 e. The molecule has 1 aromatic carbocycles. The third kappa shape index (κ3) is 2.42. The Bertz CT molecular complexity index is 805. The molecule has 3 rings (SSSR count). The van der Waals surface area contributed by atoms with Gasteiger partial charge in [-0.3, -0.25) is 4.79 Å². The van der Waals surface area contributed by atoms with E-state index in [0.717, 1.165) is 22.3 Å². The number of hydrogen-bond acceptors (Lipinski definition) is 3. The fourth-order valence-electron chi connectivity index (χ4n) is 2.90. The van der Waals surface area contributed by atoms with Crippen molar-refractivity contribution in [3.8, 4) is 0 Å². The van der Waals surface area contributed by atoms with Gasteiger partial charge in [0.15, 0.2) is 6.10 Å². The van der Waals surface area contributed by atoms with E-state index in [9.17, 15) is 9.90 Å². The molecule has 0 aliphatic carbocycles. The zero-order valence-corrected chi connectivity index (χ0v) is 13.1. The minimum atomic E-state index is -1.26. The van der Waals surface area contributed by atoms with Crippen LogP contribution in [0.25, 0.3) is 10.2 Å². The van der Waals surface area contributed by atoms with Crippen LogP contribution in [0.5, 0.6) is 0 Å². The third-order valence-electron chi connectivity index (χ3n) is 3.88. The maximum absolute atomic E-state index is 11.5. The Morgan fingerprint density at radius 1 is 1.32 bits per heavy atom. The number of carbonyl (C=O) groups is 1. The Hall–Kier alpha value is -2.11. The second-order valence-electron chi connectivity index (χ2n) is 5.23. The summed E-state index contributed by atoms with van der Waals surface area (Å²) in [6, 6.07) is 12.1. The normalized spacial score (nSPS) is 12.6. The van der Waals surface area contributed by atoms with Crippen LogP contribution in [0.2, 0.25) is 0 Å². The van der Waals surface area contributed by atoms with Crippen molar-refractivity contribution in [1.82, 2.24) is 4.57 Å². The lowest BCUT2D eigenvalue weighted by Gasteiger charge is -2.12. The van der Waals surface area contributed by atoms with Crippen LogP contribution in [0.15, 0.2) is 41.8 Å². The topological polar surface area (TPSA) is 68.2 Å². The van der Waals surface area contributed by atoms with E-state index in [1.54, 1.807) is 11.3 Å². The summed E-state index contributed by atoms with van der Waals surface area (Å²) in [5.74, 6) is -0.709. The molecule has 0 aliphatic rings. The SMILES string of the molecule is CCc1c(C(O)C(N)=O)c2ccsc2n1Cc1ccccc1. The lowest BCUT2D eigenvalue weighted by atomic mass is 10.0. The van der Waals surface area contributed by atoms with Crippen molar-refractivity contribution in [1.29, 1.82) is 0 Å². The van der Waals surface area contributed by atoms with Gasteiger partial charge < -0.3 is 15.4 Å². The average Bonchev–Trinajstić information content (AvgIpc) is 3.09. The molecule has 0 spiro atoms. The van der Waals surface area contributed by atoms with Gasteiger partial charge in [0.05, 0.1) is 0 Å². The molecule has 3 N–H and O–H groups in total. The van der Waals surface area contributed by atoms with Crippen molar-refractivity contribution in [2.45, 2.75) is 26.0 Å². The Balaban J connectivity index is 2.17. The number of nitrogens with zero attached hydrogens (tertiary/aromatic N) is 1. The van der Waals surface area contributed by atoms with Gasteiger partial charge in [0, 0.05) is 23.2 Å². The van der Waals surface area contributed by atoms with E-state index in [2.05, 4.69) is 16.7 Å². The Morgan fingerprint density at radius 2 is 2.05 bits per heavy atom. The molecular weight excluding hydrogens is 296 g/mol. The number of hydrogen-bond donors (Lipinski definition) is 2. The first-order valence-electron chi connectivity index (χ1n) is 7.23. The molecule has 5 heteroatoms. The molecule has 0 saturated heterocycles. The van der Waals surface area contributed by atoms with Gasteiger partial charge in [-0.15, -0.1) is 11.3 Å². The van der Waals surface area contributed by atoms with E-state index in [0.29, 0.717) is 12.1 Å². The summed E-state index contributed by atoms with van der Waals surface area (Å²) in [6.07, 6.45) is -0.530. The fourth-order valence-corrected chi connectivity index (χ4v) is 3.84. The molecule has 1 unspecified atom stereocenters. The smallest absolute Gasteiger partial charge is 0.250 e. The van der Waals surface area contributed by atoms with Gasteiger partial charge >= 0.3 is 0 Å². The number of aliphatic hydroxyl groups excluding tert-OH is 1. The van der Waals surface area contributed by atoms with Gasteiger partial charge in [0.25, 0.3) is 5.91 Å². The lowest BCUT2D eigenvalue weighted by Crippen LogP contribution is -2.22. The number of thiophene rings is 1. The summed E-state index contributed by atoms with van der Waals surface area (Å²) in [4.78, 5) is 12.5. The van der Waals surface area contributed by atoms with E-state index >= 15 is 0 Å². The van der Waals surface area contributed by atoms with Crippen LogP contribution < -0.4 is 5.73 Å². The van der Waals surface area contributed by atoms with Gasteiger partial charge in [-0.1, -0.05) is 37.3 Å². The number of rotatable bonds is 5. The Morgan fingerprint density at radius 3 is 2.68 bits per heavy atom. The van der Waals surface area contributed by atoms with Crippen LogP contribution in [0.1, 0.15) is 29.8 Å². The number of primary amides is 1. The molecule has 0 aliphatic heterocycles. The summed E-state index contributed by atoms with van der Waals surface area (Å²) in [5, 5.41) is 13.1. The zero-order chi connectivity index (χ0) is 15.7. The summed E-state index contributed by atoms with van der Waals surface area (Å²) in [6.45, 7) is 2.74. The van der Waals surface area contributed by atoms with E-state index in [1.165, 1.54) is 5.56 Å². The van der Waals surface area contributed by atoms with Crippen LogP contribution in [0.3, 0.4) is 0 Å². The minimum absolute atomic E-state index is 0.655. The number of carbonyl (C=O) groups excluding carboxylic acids is 1. The first-order valence-corrected chi connectivity index (χ1v) is 8.11. The van der Waals surface area contributed by atoms with Crippen molar-refractivity contribution in [2.24, 2.45) is 5.73 Å². The van der Waals surface area contributed by atoms with Gasteiger partial charge in [-0.05, 0) is 23.4 Å². The second-order valence-corrected chi connectivity index (χ2v) is 6.12. The molecule has 0 bridgehead atoms. The molecule has 0 fully saturated rings. The van der Waals surface area contributed by atoms with Crippen molar-refractivity contribution in [3.63, 3.8) is 0 Å². The highest BCUT2D eigenvalue weighted by atomic mass is 32.1. The van der Waals surface area contributed by atoms with E-state index in [1.807, 2.05) is 36.6 Å². The summed E-state index contributed by atoms with van der Waals surface area (Å²) in [7, 11) is 0. The molecule has 2 aromatic heterocycles. The highest BCUT2D eigenvalue weighted by molar-refractivity contribution is 7.16. The predicted molar refractivity (Wildman–Crippen MR) is 88.9 cm³/mol. The highest BCUT2D eigenvalue weighted by Crippen LogP contribution is 2.35. The average molecular weight is 314 g/mol. The van der Waals surface area contributed by atoms with Crippen molar-refractivity contribution < 1.29 is 9.90 Å². The maximum atomic E-state index is 11.5. The van der Waals surface area contributed by atoms with Crippen LogP contribution in [0.4, 0.5) is 0 Å². The summed E-state index contributed by atoms with van der Waals surface area (Å²) >= 11 is 1.61. The molecule has 4 nitrogen and oxygen atoms in total. The van der Waals surface area contributed by atoms with Crippen LogP contribution in [-0.2, 0) is 17.8 Å². The molecule has 0 saturated carbocycles. The molecule has 114 valence electrons. The van der Waals surface area contributed by atoms with Crippen molar-refractivity contribution >= 4 is 27.5 Å². The van der Waals surface area contributed by atoms with Crippen molar-refractivity contribution in [3.05, 3.63) is 58.6 Å². The minimum Gasteiger partial charge on any atom is -0.378 e. The van der Waals surface area contributed by atoms with Crippen LogP contribution >= 0.6 is 11.3 Å². The fraction of sp³-hybridized carbons (Fsp3) is 0.235. The monoisotopic (exact) mass is 314 g/mol. The summed E-state index contributed by atoms with van der Waals surface area (Å²) in [5.41, 5.74) is 8.13. The highest BCUT2D eigenvalue weighted by Gasteiger charge is 2.25. The first-order chi connectivity index (χ1) is 10.6. The predicted octanol–water partition coefficient (Wildman–Crippen LogP) is 2.83. The zero-order valence-electron chi connectivity index (χ0n) is 12.3. The standard InChI is InChI=1S/C17H18N2O2S/c1-2-13-14(15(20)16(18)21)12-8-9-22-17(12)19(13)10-11-6-4-3-5-7-11/h3-9,15,20H,2,10H2,1H3,(H2,18,21). The van der Waals surface area contributed by atoms with Crippen LogP contribution in [0, 0.1) is 0 Å². The number of benzene rings is 1. The molecule has 2 heterocycles. The van der Waals surface area contributed by atoms with E-state index in [-0.39, 0.29) is 0 Å². The maximum Gasteiger partial charge on any atom is 0.250 e. The molecule has 22 heavy (non-hydrogen) atoms. The van der Waals surface area contributed by atoms with Crippen LogP contribution in [-0.4, -0.2) is 15.6 Å². The first kappa shape index (κ1) is 14.8. The Labute approximate surface area is 132 Å². The van der Waals surface area contributed by atoms with E-state index < -0.39 is 12.0 Å². The number of aliphatic hydroxyl groups is 1. The number of aromatic nitrogens is 1. The molecule has 0 radical (unpaired) electrons. The van der Waals surface area contributed by atoms with Gasteiger partial charge in [0.1, 0.15) is 4.83 Å². The molecule has 3 aromatic rings. The second kappa shape index (κ2) is 5.94. The molecule has 1 amide bonds. The van der Waals surface area contributed by atoms with Gasteiger partial charge in [0.2, 0.25) is 0 Å². The number of amides is 1. The van der Waals surface area contributed by atoms with E-state index in [4.69, 9.17) is 5.73 Å². The third-order valence-corrected chi connectivity index (χ3v) is 4.81. The number of nitrogens with two attached hydrogens (primary N) is 1. The quantitative estimate of drug-likeness (QED) is 0.760. The lowest BCUT2D eigenvalue weighted by molar-refractivity contribution is -0.126. The van der Waals surface area contributed by atoms with Crippen molar-refractivity contribution in [2.75, 3.05) is 0 Å². The molecule has 1 atom stereocenters. The number of fused-ring (bicyclic) bond motifs is 1. The van der Waals surface area contributed by atoms with Gasteiger partial charge in [-0.25, -0.2) is 0 Å².